The van der Waals surface area contributed by atoms with Gasteiger partial charge in [-0.25, -0.2) is 0 Å². The van der Waals surface area contributed by atoms with Crippen LogP contribution in [0.2, 0.25) is 0 Å². The molecule has 22 heavy (non-hydrogen) atoms. The van der Waals surface area contributed by atoms with Crippen LogP contribution in [0, 0.1) is 0 Å². The van der Waals surface area contributed by atoms with Gasteiger partial charge in [-0.05, 0) is 30.5 Å². The van der Waals surface area contributed by atoms with E-state index in [1.54, 1.807) is 12.1 Å². The van der Waals surface area contributed by atoms with Crippen molar-refractivity contribution in [3.63, 3.8) is 0 Å². The summed E-state index contributed by atoms with van der Waals surface area (Å²) < 4.78 is 11.8. The highest BCUT2D eigenvalue weighted by Crippen LogP contribution is 2.45. The number of carbonyl (C=O) groups excluding carboxylic acids is 1. The van der Waals surface area contributed by atoms with E-state index in [4.69, 9.17) is 9.47 Å². The Kier molecular flexibility index (Phi) is 3.14. The van der Waals surface area contributed by atoms with Gasteiger partial charge >= 0.3 is 0 Å². The van der Waals surface area contributed by atoms with Crippen molar-refractivity contribution < 1.29 is 24.5 Å². The molecule has 0 aromatic heterocycles. The summed E-state index contributed by atoms with van der Waals surface area (Å²) in [5.41, 5.74) is 2.72. The fourth-order valence-electron chi connectivity index (χ4n) is 3.72. The number of hydrogen-bond donors (Lipinski definition) is 2. The van der Waals surface area contributed by atoms with Crippen molar-refractivity contribution in [2.75, 3.05) is 24.6 Å². The molecule has 6 nitrogen and oxygen atoms in total. The van der Waals surface area contributed by atoms with Crippen LogP contribution >= 0.6 is 0 Å². The van der Waals surface area contributed by atoms with E-state index in [1.165, 1.54) is 0 Å². The highest BCUT2D eigenvalue weighted by atomic mass is 16.7. The molecule has 2 N–H and O–H groups in total. The maximum atomic E-state index is 11.2. The first-order valence-electron chi connectivity index (χ1n) is 7.67. The average Bonchev–Trinajstić information content (AvgIpc) is 2.52. The fraction of sp³-hybridized carbons (Fsp3) is 0.562. The lowest BCUT2D eigenvalue weighted by Gasteiger charge is -2.49. The molecule has 0 bridgehead atoms. The molecule has 0 unspecified atom stereocenters. The number of ether oxygens (including phenoxy) is 2. The lowest BCUT2D eigenvalue weighted by Crippen LogP contribution is -2.60. The largest absolute Gasteiger partial charge is 0.458 e. The van der Waals surface area contributed by atoms with Gasteiger partial charge in [-0.2, -0.15) is 0 Å². The summed E-state index contributed by atoms with van der Waals surface area (Å²) in [4.78, 5) is 13.4. The first-order valence-corrected chi connectivity index (χ1v) is 7.67. The van der Waals surface area contributed by atoms with Crippen LogP contribution in [0.1, 0.15) is 28.8 Å². The van der Waals surface area contributed by atoms with Crippen LogP contribution in [-0.2, 0) is 11.2 Å². The molecule has 1 aromatic carbocycles. The van der Waals surface area contributed by atoms with Crippen molar-refractivity contribution in [2.24, 2.45) is 0 Å². The number of benzene rings is 1. The molecule has 3 atom stereocenters. The van der Waals surface area contributed by atoms with Crippen LogP contribution in [0.3, 0.4) is 0 Å². The van der Waals surface area contributed by atoms with Crippen LogP contribution in [-0.4, -0.2) is 54.2 Å². The molecule has 0 radical (unpaired) electrons. The Bertz CT molecular complexity index is 619. The van der Waals surface area contributed by atoms with E-state index in [0.717, 1.165) is 36.9 Å². The van der Waals surface area contributed by atoms with Crippen molar-refractivity contribution in [3.05, 3.63) is 23.3 Å². The Balaban J connectivity index is 1.74. The second kappa shape index (κ2) is 4.94. The quantitative estimate of drug-likeness (QED) is 0.735. The molecule has 1 fully saturated rings. The van der Waals surface area contributed by atoms with E-state index in [2.05, 4.69) is 4.90 Å². The summed E-state index contributed by atoms with van der Waals surface area (Å²) in [5, 5.41) is 19.6. The molecule has 0 amide bonds. The van der Waals surface area contributed by atoms with Gasteiger partial charge in [-0.15, -0.1) is 0 Å². The Morgan fingerprint density at radius 3 is 2.95 bits per heavy atom. The zero-order valence-corrected chi connectivity index (χ0v) is 12.2. The number of aliphatic hydroxyl groups excluding tert-OH is 2. The summed E-state index contributed by atoms with van der Waals surface area (Å²) in [7, 11) is 0. The zero-order valence-electron chi connectivity index (χ0n) is 12.2. The number of aldehydes is 1. The first-order chi connectivity index (χ1) is 10.6. The summed E-state index contributed by atoms with van der Waals surface area (Å²) in [6.07, 6.45) is 1.24. The van der Waals surface area contributed by atoms with E-state index in [1.807, 2.05) is 0 Å². The minimum absolute atomic E-state index is 0.0591. The molecule has 3 aliphatic rings. The fourth-order valence-corrected chi connectivity index (χ4v) is 3.72. The van der Waals surface area contributed by atoms with E-state index in [9.17, 15) is 15.0 Å². The SMILES string of the molecule is O=Cc1ccc2c3c1CCCN3C[C@@]1(C[C@H](O)[C@H](O)CO1)O2. The summed E-state index contributed by atoms with van der Waals surface area (Å²) in [6, 6.07) is 3.57. The third-order valence-corrected chi connectivity index (χ3v) is 4.79. The minimum atomic E-state index is -0.928. The van der Waals surface area contributed by atoms with Gasteiger partial charge in [0.1, 0.15) is 18.1 Å². The Morgan fingerprint density at radius 2 is 2.18 bits per heavy atom. The second-order valence-electron chi connectivity index (χ2n) is 6.29. The zero-order chi connectivity index (χ0) is 15.3. The lowest BCUT2D eigenvalue weighted by atomic mass is 9.92. The van der Waals surface area contributed by atoms with Crippen molar-refractivity contribution in [2.45, 2.75) is 37.3 Å². The van der Waals surface area contributed by atoms with Crippen LogP contribution in [0.25, 0.3) is 0 Å². The predicted octanol–water partition coefficient (Wildman–Crippen LogP) is 0.482. The molecule has 3 heterocycles. The van der Waals surface area contributed by atoms with Gasteiger partial charge in [0.25, 0.3) is 0 Å². The second-order valence-corrected chi connectivity index (χ2v) is 6.29. The predicted molar refractivity (Wildman–Crippen MR) is 78.3 cm³/mol. The third kappa shape index (κ3) is 2.02. The molecule has 4 rings (SSSR count). The standard InChI is InChI=1S/C16H19NO5/c18-7-10-3-4-14-15-11(10)2-1-5-17(15)9-16(22-14)6-12(19)13(20)8-21-16/h3-4,7,12-13,19-20H,1-2,5-6,8-9H2/t12-,13+,16+/m0/s1. The highest BCUT2D eigenvalue weighted by Gasteiger charge is 2.48. The molecule has 6 heteroatoms. The topological polar surface area (TPSA) is 79.2 Å². The lowest BCUT2D eigenvalue weighted by molar-refractivity contribution is -0.252. The van der Waals surface area contributed by atoms with E-state index < -0.39 is 18.0 Å². The molecule has 1 saturated heterocycles. The number of carbonyl (C=O) groups is 1. The van der Waals surface area contributed by atoms with Gasteiger partial charge in [-0.1, -0.05) is 0 Å². The van der Waals surface area contributed by atoms with Crippen LogP contribution < -0.4 is 9.64 Å². The van der Waals surface area contributed by atoms with Gasteiger partial charge in [0.15, 0.2) is 0 Å². The van der Waals surface area contributed by atoms with Gasteiger partial charge in [0.2, 0.25) is 5.79 Å². The molecule has 1 aromatic rings. The summed E-state index contributed by atoms with van der Waals surface area (Å²) >= 11 is 0. The smallest absolute Gasteiger partial charge is 0.231 e. The van der Waals surface area contributed by atoms with Gasteiger partial charge < -0.3 is 24.6 Å². The van der Waals surface area contributed by atoms with Crippen molar-refractivity contribution in [1.82, 2.24) is 0 Å². The van der Waals surface area contributed by atoms with Crippen LogP contribution in [0.4, 0.5) is 5.69 Å². The number of nitrogens with zero attached hydrogens (tertiary/aromatic N) is 1. The van der Waals surface area contributed by atoms with Gasteiger partial charge in [0.05, 0.1) is 24.9 Å². The monoisotopic (exact) mass is 305 g/mol. The summed E-state index contributed by atoms with van der Waals surface area (Å²) in [5.74, 6) is -0.238. The minimum Gasteiger partial charge on any atom is -0.458 e. The molecule has 0 aliphatic carbocycles. The van der Waals surface area contributed by atoms with Gasteiger partial charge in [0, 0.05) is 18.5 Å². The van der Waals surface area contributed by atoms with E-state index >= 15 is 0 Å². The number of hydrogen-bond acceptors (Lipinski definition) is 6. The number of anilines is 1. The molecule has 3 aliphatic heterocycles. The van der Waals surface area contributed by atoms with Crippen LogP contribution in [0.5, 0.6) is 5.75 Å². The Hall–Kier alpha value is -1.63. The highest BCUT2D eigenvalue weighted by molar-refractivity contribution is 5.84. The molecule has 1 spiro atoms. The Labute approximate surface area is 128 Å². The average molecular weight is 305 g/mol. The molecule has 118 valence electrons. The summed E-state index contributed by atoms with van der Waals surface area (Å²) in [6.45, 7) is 1.43. The van der Waals surface area contributed by atoms with E-state index in [0.29, 0.717) is 17.9 Å². The van der Waals surface area contributed by atoms with Gasteiger partial charge in [-0.3, -0.25) is 4.79 Å². The molecule has 0 saturated carbocycles. The molecular weight excluding hydrogens is 286 g/mol. The van der Waals surface area contributed by atoms with Crippen molar-refractivity contribution in [3.8, 4) is 5.75 Å². The number of aliphatic hydroxyl groups is 2. The maximum absolute atomic E-state index is 11.2. The normalized spacial score (nSPS) is 33.3. The molecular formula is C16H19NO5. The Morgan fingerprint density at radius 1 is 1.32 bits per heavy atom. The van der Waals surface area contributed by atoms with Crippen LogP contribution in [0.15, 0.2) is 12.1 Å². The number of rotatable bonds is 1. The van der Waals surface area contributed by atoms with Crippen molar-refractivity contribution >= 4 is 12.0 Å². The maximum Gasteiger partial charge on any atom is 0.231 e. The third-order valence-electron chi connectivity index (χ3n) is 4.79. The van der Waals surface area contributed by atoms with Crippen molar-refractivity contribution in [1.29, 1.82) is 0 Å². The first kappa shape index (κ1) is 14.0. The van der Waals surface area contributed by atoms with E-state index in [-0.39, 0.29) is 13.0 Å².